The van der Waals surface area contributed by atoms with Gasteiger partial charge in [0.25, 0.3) is 5.91 Å². The molecule has 1 aliphatic carbocycles. The van der Waals surface area contributed by atoms with Crippen LogP contribution in [0.5, 0.6) is 0 Å². The lowest BCUT2D eigenvalue weighted by Gasteiger charge is -2.16. The fourth-order valence-corrected chi connectivity index (χ4v) is 5.25. The molecule has 1 aliphatic heterocycles. The molecule has 5 rings (SSSR count). The van der Waals surface area contributed by atoms with Crippen molar-refractivity contribution >= 4 is 32.7 Å². The highest BCUT2D eigenvalue weighted by Gasteiger charge is 2.31. The van der Waals surface area contributed by atoms with Gasteiger partial charge in [-0.05, 0) is 62.1 Å². The number of rotatable bonds is 5. The Morgan fingerprint density at radius 3 is 2.63 bits per heavy atom. The van der Waals surface area contributed by atoms with Crippen molar-refractivity contribution in [3.63, 3.8) is 0 Å². The Bertz CT molecular complexity index is 1240. The van der Waals surface area contributed by atoms with E-state index in [1.807, 2.05) is 0 Å². The van der Waals surface area contributed by atoms with Crippen molar-refractivity contribution in [2.45, 2.75) is 36.5 Å². The lowest BCUT2D eigenvalue weighted by Crippen LogP contribution is -2.29. The summed E-state index contributed by atoms with van der Waals surface area (Å²) in [4.78, 5) is 16.7. The first-order valence-corrected chi connectivity index (χ1v) is 11.4. The van der Waals surface area contributed by atoms with E-state index in [1.165, 1.54) is 10.4 Å². The number of halogens is 1. The zero-order valence-electron chi connectivity index (χ0n) is 16.1. The molecule has 0 bridgehead atoms. The maximum absolute atomic E-state index is 14.3. The monoisotopic (exact) mass is 429 g/mol. The van der Waals surface area contributed by atoms with Gasteiger partial charge >= 0.3 is 0 Å². The van der Waals surface area contributed by atoms with Crippen molar-refractivity contribution in [1.29, 1.82) is 0 Å². The van der Waals surface area contributed by atoms with Crippen LogP contribution in [0.15, 0.2) is 45.7 Å². The summed E-state index contributed by atoms with van der Waals surface area (Å²) in [6, 6.07) is 8.51. The van der Waals surface area contributed by atoms with E-state index in [0.717, 1.165) is 37.8 Å². The molecule has 9 heteroatoms. The molecule has 1 aromatic heterocycles. The number of benzene rings is 2. The Hall–Kier alpha value is -2.78. The predicted octanol–water partition coefficient (Wildman–Crippen LogP) is 3.88. The standard InChI is InChI=1S/C21H20FN3O4S/c22-16-7-5-14(11-19(16)30(27,28)25-9-1-2-10-25)20(26)23-15-6-8-18-17(12-15)24-21(29-18)13-3-4-13/h5-8,11-13H,1-4,9-10H2,(H,23,26). The van der Waals surface area contributed by atoms with Gasteiger partial charge in [0.1, 0.15) is 16.2 Å². The normalized spacial score (nSPS) is 17.5. The molecule has 2 aromatic carbocycles. The van der Waals surface area contributed by atoms with E-state index < -0.39 is 26.6 Å². The molecule has 0 unspecified atom stereocenters. The third-order valence-corrected chi connectivity index (χ3v) is 7.38. The Morgan fingerprint density at radius 1 is 1.13 bits per heavy atom. The molecule has 3 aromatic rings. The lowest BCUT2D eigenvalue weighted by molar-refractivity contribution is 0.102. The van der Waals surface area contributed by atoms with Gasteiger partial charge in [0, 0.05) is 30.3 Å². The second kappa shape index (κ2) is 7.17. The zero-order valence-corrected chi connectivity index (χ0v) is 16.9. The van der Waals surface area contributed by atoms with E-state index in [9.17, 15) is 17.6 Å². The molecule has 7 nitrogen and oxygen atoms in total. The average molecular weight is 429 g/mol. The van der Waals surface area contributed by atoms with Crippen LogP contribution in [0.1, 0.15) is 47.8 Å². The largest absolute Gasteiger partial charge is 0.440 e. The van der Waals surface area contributed by atoms with Crippen molar-refractivity contribution in [3.8, 4) is 0 Å². The molecule has 0 atom stereocenters. The molecule has 1 saturated heterocycles. The number of nitrogens with zero attached hydrogens (tertiary/aromatic N) is 2. The maximum atomic E-state index is 14.3. The quantitative estimate of drug-likeness (QED) is 0.664. The van der Waals surface area contributed by atoms with Crippen molar-refractivity contribution in [3.05, 3.63) is 53.7 Å². The highest BCUT2D eigenvalue weighted by Crippen LogP contribution is 2.40. The van der Waals surface area contributed by atoms with Crippen molar-refractivity contribution in [2.24, 2.45) is 0 Å². The molecule has 1 N–H and O–H groups in total. The molecule has 2 aliphatic rings. The van der Waals surface area contributed by atoms with Gasteiger partial charge in [-0.3, -0.25) is 4.79 Å². The Labute approximate surface area is 172 Å². The van der Waals surface area contributed by atoms with Gasteiger partial charge in [-0.15, -0.1) is 0 Å². The van der Waals surface area contributed by atoms with Gasteiger partial charge in [0.15, 0.2) is 11.5 Å². The summed E-state index contributed by atoms with van der Waals surface area (Å²) in [5.41, 5.74) is 1.85. The summed E-state index contributed by atoms with van der Waals surface area (Å²) in [6.45, 7) is 0.720. The first kappa shape index (κ1) is 19.2. The summed E-state index contributed by atoms with van der Waals surface area (Å²) in [5.74, 6) is -0.303. The van der Waals surface area contributed by atoms with E-state index >= 15 is 0 Å². The fraction of sp³-hybridized carbons (Fsp3) is 0.333. The van der Waals surface area contributed by atoms with Crippen LogP contribution in [0.25, 0.3) is 11.1 Å². The van der Waals surface area contributed by atoms with Crippen LogP contribution >= 0.6 is 0 Å². The fourth-order valence-electron chi connectivity index (χ4n) is 3.64. The number of anilines is 1. The van der Waals surface area contributed by atoms with E-state index in [1.54, 1.807) is 18.2 Å². The summed E-state index contributed by atoms with van der Waals surface area (Å²) >= 11 is 0. The van der Waals surface area contributed by atoms with Gasteiger partial charge in [-0.1, -0.05) is 0 Å². The van der Waals surface area contributed by atoms with Gasteiger partial charge in [0.2, 0.25) is 10.0 Å². The van der Waals surface area contributed by atoms with Crippen LogP contribution in [0.4, 0.5) is 10.1 Å². The molecule has 0 radical (unpaired) electrons. The van der Waals surface area contributed by atoms with Crippen LogP contribution in [0, 0.1) is 5.82 Å². The summed E-state index contributed by atoms with van der Waals surface area (Å²) in [5, 5.41) is 2.72. The number of aromatic nitrogens is 1. The Morgan fingerprint density at radius 2 is 1.90 bits per heavy atom. The average Bonchev–Trinajstić information content (AvgIpc) is 3.25. The highest BCUT2D eigenvalue weighted by molar-refractivity contribution is 7.89. The van der Waals surface area contributed by atoms with Crippen LogP contribution in [-0.4, -0.2) is 36.7 Å². The second-order valence-electron chi connectivity index (χ2n) is 7.72. The number of hydrogen-bond donors (Lipinski definition) is 1. The molecule has 1 saturated carbocycles. The number of amides is 1. The predicted molar refractivity (Wildman–Crippen MR) is 108 cm³/mol. The highest BCUT2D eigenvalue weighted by atomic mass is 32.2. The first-order chi connectivity index (χ1) is 14.4. The van der Waals surface area contributed by atoms with Gasteiger partial charge in [-0.2, -0.15) is 4.31 Å². The van der Waals surface area contributed by atoms with E-state index in [4.69, 9.17) is 4.42 Å². The maximum Gasteiger partial charge on any atom is 0.255 e. The summed E-state index contributed by atoms with van der Waals surface area (Å²) < 4.78 is 46.7. The van der Waals surface area contributed by atoms with Gasteiger partial charge in [-0.25, -0.2) is 17.8 Å². The molecular formula is C21H20FN3O4S. The minimum Gasteiger partial charge on any atom is -0.440 e. The number of carbonyl (C=O) groups excluding carboxylic acids is 1. The van der Waals surface area contributed by atoms with Crippen molar-refractivity contribution in [1.82, 2.24) is 9.29 Å². The van der Waals surface area contributed by atoms with E-state index in [0.29, 0.717) is 41.7 Å². The summed E-state index contributed by atoms with van der Waals surface area (Å²) in [6.07, 6.45) is 3.63. The molecule has 156 valence electrons. The second-order valence-corrected chi connectivity index (χ2v) is 9.63. The molecular weight excluding hydrogens is 409 g/mol. The third kappa shape index (κ3) is 3.48. The minimum atomic E-state index is -3.97. The lowest BCUT2D eigenvalue weighted by atomic mass is 10.2. The van der Waals surface area contributed by atoms with Gasteiger partial charge in [0.05, 0.1) is 0 Å². The van der Waals surface area contributed by atoms with E-state index in [-0.39, 0.29) is 5.56 Å². The molecule has 2 heterocycles. The minimum absolute atomic E-state index is 0.0630. The van der Waals surface area contributed by atoms with Crippen LogP contribution in [-0.2, 0) is 10.0 Å². The number of carbonyl (C=O) groups is 1. The number of sulfonamides is 1. The Balaban J connectivity index is 1.40. The molecule has 1 amide bonds. The molecule has 2 fully saturated rings. The van der Waals surface area contributed by atoms with Gasteiger partial charge < -0.3 is 9.73 Å². The van der Waals surface area contributed by atoms with Crippen molar-refractivity contribution in [2.75, 3.05) is 18.4 Å². The molecule has 0 spiro atoms. The topological polar surface area (TPSA) is 92.5 Å². The zero-order chi connectivity index (χ0) is 20.9. The first-order valence-electron chi connectivity index (χ1n) is 9.93. The third-order valence-electron chi connectivity index (χ3n) is 5.46. The number of fused-ring (bicyclic) bond motifs is 1. The molecule has 30 heavy (non-hydrogen) atoms. The van der Waals surface area contributed by atoms with E-state index in [2.05, 4.69) is 10.3 Å². The SMILES string of the molecule is O=C(Nc1ccc2oc(C3CC3)nc2c1)c1ccc(F)c(S(=O)(=O)N2CCCC2)c1. The van der Waals surface area contributed by atoms with Crippen LogP contribution in [0.2, 0.25) is 0 Å². The summed E-state index contributed by atoms with van der Waals surface area (Å²) in [7, 11) is -3.97. The smallest absolute Gasteiger partial charge is 0.255 e. The number of oxazole rings is 1. The number of hydrogen-bond acceptors (Lipinski definition) is 5. The van der Waals surface area contributed by atoms with Crippen molar-refractivity contribution < 1.29 is 22.0 Å². The van der Waals surface area contributed by atoms with Crippen LogP contribution in [0.3, 0.4) is 0 Å². The van der Waals surface area contributed by atoms with Crippen LogP contribution < -0.4 is 5.32 Å². The number of nitrogens with one attached hydrogen (secondary N) is 1. The Kier molecular flexibility index (Phi) is 4.59.